The smallest absolute Gasteiger partial charge is 0.292 e. The monoisotopic (exact) mass is 340 g/mol. The normalized spacial score (nSPS) is 10.8. The predicted molar refractivity (Wildman–Crippen MR) is 95.3 cm³/mol. The summed E-state index contributed by atoms with van der Waals surface area (Å²) in [5.74, 6) is -1.12. The topological polar surface area (TPSA) is 51.1 Å². The molecule has 0 atom stereocenters. The number of fused-ring (bicyclic) bond motifs is 1. The van der Waals surface area contributed by atoms with E-state index in [9.17, 15) is 9.59 Å². The van der Waals surface area contributed by atoms with Crippen molar-refractivity contribution >= 4 is 34.2 Å². The van der Waals surface area contributed by atoms with E-state index >= 15 is 0 Å². The van der Waals surface area contributed by atoms with Gasteiger partial charge in [0.2, 0.25) is 0 Å². The number of aryl methyl sites for hydroxylation is 1. The summed E-state index contributed by atoms with van der Waals surface area (Å²) in [5, 5.41) is 4.10. The van der Waals surface area contributed by atoms with Crippen LogP contribution in [0.3, 0.4) is 0 Å². The van der Waals surface area contributed by atoms with Gasteiger partial charge in [0.15, 0.2) is 0 Å². The quantitative estimate of drug-likeness (QED) is 0.582. The van der Waals surface area contributed by atoms with Crippen LogP contribution >= 0.6 is 11.6 Å². The minimum Gasteiger partial charge on any atom is -0.347 e. The van der Waals surface area contributed by atoms with E-state index in [2.05, 4.69) is 5.32 Å². The number of carbonyl (C=O) groups excluding carboxylic acids is 2. The minimum absolute atomic E-state index is 0.283. The fraction of sp³-hybridized carbons (Fsp3) is 0.158. The van der Waals surface area contributed by atoms with E-state index in [-0.39, 0.29) is 6.54 Å². The number of ketones is 1. The summed E-state index contributed by atoms with van der Waals surface area (Å²) in [5.41, 5.74) is 3.06. The van der Waals surface area contributed by atoms with Gasteiger partial charge < -0.3 is 9.88 Å². The number of rotatable bonds is 4. The molecule has 3 aromatic rings. The van der Waals surface area contributed by atoms with Crippen molar-refractivity contribution in [3.8, 4) is 0 Å². The lowest BCUT2D eigenvalue weighted by Gasteiger charge is -2.05. The molecular weight excluding hydrogens is 324 g/mol. The zero-order valence-electron chi connectivity index (χ0n) is 13.5. The maximum absolute atomic E-state index is 12.6. The first-order chi connectivity index (χ1) is 11.5. The van der Waals surface area contributed by atoms with Gasteiger partial charge in [0.25, 0.3) is 11.7 Å². The molecule has 1 heterocycles. The molecule has 0 bridgehead atoms. The van der Waals surface area contributed by atoms with Crippen LogP contribution in [0.15, 0.2) is 48.5 Å². The lowest BCUT2D eigenvalue weighted by molar-refractivity contribution is -0.117. The number of amides is 1. The first kappa shape index (κ1) is 16.3. The summed E-state index contributed by atoms with van der Waals surface area (Å²) in [4.78, 5) is 24.9. The van der Waals surface area contributed by atoms with Gasteiger partial charge in [-0.2, -0.15) is 0 Å². The highest BCUT2D eigenvalue weighted by Crippen LogP contribution is 2.25. The molecule has 24 heavy (non-hydrogen) atoms. The highest BCUT2D eigenvalue weighted by molar-refractivity contribution is 6.45. The first-order valence-corrected chi connectivity index (χ1v) is 7.98. The number of benzene rings is 2. The molecule has 4 nitrogen and oxygen atoms in total. The standard InChI is InChI=1S/C19H17ClN2O2/c1-12-17(15-5-3-4-6-16(15)22(12)2)18(23)19(24)21-11-13-7-9-14(20)10-8-13/h3-10H,11H2,1-2H3,(H,21,24). The Morgan fingerprint density at radius 2 is 1.75 bits per heavy atom. The molecule has 0 radical (unpaired) electrons. The van der Waals surface area contributed by atoms with Crippen LogP contribution in [0.25, 0.3) is 10.9 Å². The molecule has 0 aliphatic heterocycles. The van der Waals surface area contributed by atoms with E-state index < -0.39 is 11.7 Å². The van der Waals surface area contributed by atoms with Crippen molar-refractivity contribution < 1.29 is 9.59 Å². The van der Waals surface area contributed by atoms with Gasteiger partial charge in [-0.1, -0.05) is 41.9 Å². The Hall–Kier alpha value is -2.59. The number of para-hydroxylation sites is 1. The zero-order chi connectivity index (χ0) is 17.3. The molecule has 0 fully saturated rings. The van der Waals surface area contributed by atoms with Crippen LogP contribution in [0.5, 0.6) is 0 Å². The Balaban J connectivity index is 1.82. The van der Waals surface area contributed by atoms with Crippen LogP contribution in [-0.2, 0) is 18.4 Å². The van der Waals surface area contributed by atoms with Crippen molar-refractivity contribution in [1.82, 2.24) is 9.88 Å². The molecule has 5 heteroatoms. The molecule has 122 valence electrons. The van der Waals surface area contributed by atoms with Crippen LogP contribution in [0, 0.1) is 6.92 Å². The number of carbonyl (C=O) groups is 2. The van der Waals surface area contributed by atoms with Gasteiger partial charge >= 0.3 is 0 Å². The van der Waals surface area contributed by atoms with Gasteiger partial charge in [-0.3, -0.25) is 9.59 Å². The Bertz CT molecular complexity index is 926. The van der Waals surface area contributed by atoms with E-state index in [1.165, 1.54) is 0 Å². The summed E-state index contributed by atoms with van der Waals surface area (Å²) < 4.78 is 1.93. The molecule has 1 aromatic heterocycles. The number of hydrogen-bond donors (Lipinski definition) is 1. The summed E-state index contributed by atoms with van der Waals surface area (Å²) >= 11 is 5.84. The minimum atomic E-state index is -0.607. The van der Waals surface area contributed by atoms with E-state index in [1.807, 2.05) is 54.9 Å². The van der Waals surface area contributed by atoms with Crippen LogP contribution in [0.1, 0.15) is 21.6 Å². The van der Waals surface area contributed by atoms with Crippen LogP contribution in [0.2, 0.25) is 5.02 Å². The maximum atomic E-state index is 12.6. The maximum Gasteiger partial charge on any atom is 0.292 e. The molecule has 0 unspecified atom stereocenters. The van der Waals surface area contributed by atoms with Crippen LogP contribution < -0.4 is 5.32 Å². The van der Waals surface area contributed by atoms with E-state index in [0.29, 0.717) is 10.6 Å². The van der Waals surface area contributed by atoms with E-state index in [0.717, 1.165) is 22.2 Å². The Kier molecular flexibility index (Phi) is 4.40. The Morgan fingerprint density at radius 1 is 1.08 bits per heavy atom. The molecule has 0 spiro atoms. The van der Waals surface area contributed by atoms with E-state index in [1.54, 1.807) is 12.1 Å². The first-order valence-electron chi connectivity index (χ1n) is 7.60. The molecule has 0 aliphatic carbocycles. The number of nitrogens with one attached hydrogen (secondary N) is 1. The molecule has 2 aromatic carbocycles. The second-order valence-corrected chi connectivity index (χ2v) is 6.11. The third-order valence-corrected chi connectivity index (χ3v) is 4.45. The number of halogens is 1. The fourth-order valence-electron chi connectivity index (χ4n) is 2.79. The average Bonchev–Trinajstić information content (AvgIpc) is 2.85. The number of aromatic nitrogens is 1. The molecule has 0 saturated heterocycles. The van der Waals surface area contributed by atoms with Gasteiger partial charge in [-0.25, -0.2) is 0 Å². The Labute approximate surface area is 145 Å². The molecule has 1 amide bonds. The molecule has 3 rings (SSSR count). The van der Waals surface area contributed by atoms with Crippen molar-refractivity contribution in [3.63, 3.8) is 0 Å². The van der Waals surface area contributed by atoms with E-state index in [4.69, 9.17) is 11.6 Å². The molecule has 1 N–H and O–H groups in total. The van der Waals surface area contributed by atoms with Crippen LogP contribution in [-0.4, -0.2) is 16.3 Å². The second-order valence-electron chi connectivity index (χ2n) is 5.67. The third kappa shape index (κ3) is 2.93. The lowest BCUT2D eigenvalue weighted by Crippen LogP contribution is -2.31. The predicted octanol–water partition coefficient (Wildman–Crippen LogP) is 3.64. The highest BCUT2D eigenvalue weighted by Gasteiger charge is 2.23. The fourth-order valence-corrected chi connectivity index (χ4v) is 2.91. The van der Waals surface area contributed by atoms with Gasteiger partial charge in [0, 0.05) is 35.2 Å². The summed E-state index contributed by atoms with van der Waals surface area (Å²) in [7, 11) is 1.89. The van der Waals surface area contributed by atoms with Gasteiger partial charge in [-0.05, 0) is 30.7 Å². The molecule has 0 saturated carbocycles. The van der Waals surface area contributed by atoms with Crippen LogP contribution in [0.4, 0.5) is 0 Å². The van der Waals surface area contributed by atoms with Crippen molar-refractivity contribution in [3.05, 3.63) is 70.4 Å². The van der Waals surface area contributed by atoms with Gasteiger partial charge in [0.1, 0.15) is 0 Å². The summed E-state index contributed by atoms with van der Waals surface area (Å²) in [6.07, 6.45) is 0. The molecular formula is C19H17ClN2O2. The highest BCUT2D eigenvalue weighted by atomic mass is 35.5. The van der Waals surface area contributed by atoms with Crippen molar-refractivity contribution in [1.29, 1.82) is 0 Å². The average molecular weight is 341 g/mol. The zero-order valence-corrected chi connectivity index (χ0v) is 14.2. The number of Topliss-reactive ketones (excluding diaryl/α,β-unsaturated/α-hetero) is 1. The van der Waals surface area contributed by atoms with Crippen molar-refractivity contribution in [2.45, 2.75) is 13.5 Å². The third-order valence-electron chi connectivity index (χ3n) is 4.20. The summed E-state index contributed by atoms with van der Waals surface area (Å²) in [6, 6.07) is 14.7. The second kappa shape index (κ2) is 6.49. The lowest BCUT2D eigenvalue weighted by atomic mass is 10.1. The largest absolute Gasteiger partial charge is 0.347 e. The number of hydrogen-bond acceptors (Lipinski definition) is 2. The van der Waals surface area contributed by atoms with Gasteiger partial charge in [0.05, 0.1) is 5.56 Å². The summed E-state index contributed by atoms with van der Waals surface area (Å²) in [6.45, 7) is 2.13. The molecule has 0 aliphatic rings. The Morgan fingerprint density at radius 3 is 2.46 bits per heavy atom. The van der Waals surface area contributed by atoms with Gasteiger partial charge in [-0.15, -0.1) is 0 Å². The number of nitrogens with zero attached hydrogens (tertiary/aromatic N) is 1. The van der Waals surface area contributed by atoms with Crippen molar-refractivity contribution in [2.24, 2.45) is 7.05 Å². The SMILES string of the molecule is Cc1c(C(=O)C(=O)NCc2ccc(Cl)cc2)c2ccccc2n1C. The van der Waals surface area contributed by atoms with Crippen molar-refractivity contribution in [2.75, 3.05) is 0 Å².